The standard InChI is InChI=1S/C28H28N2O7/c1-3-35-23-8-4-20(5-9-23)29-26(31)18-36-28(33)19-16-27(32)30(17-19)21-6-10-24(11-7-21)37-25-14-12-22(34-2)13-15-25/h4-15,19H,3,16-18H2,1-2H3,(H,29,31)/t19-/m0/s1. The fourth-order valence-corrected chi connectivity index (χ4v) is 3.84. The van der Waals surface area contributed by atoms with Crippen molar-refractivity contribution < 1.29 is 33.3 Å². The van der Waals surface area contributed by atoms with Crippen LogP contribution in [0.1, 0.15) is 13.3 Å². The number of ether oxygens (including phenoxy) is 4. The number of amides is 2. The first-order valence-corrected chi connectivity index (χ1v) is 11.9. The number of rotatable bonds is 10. The Balaban J connectivity index is 1.26. The van der Waals surface area contributed by atoms with Gasteiger partial charge in [0.05, 0.1) is 19.6 Å². The van der Waals surface area contributed by atoms with E-state index in [4.69, 9.17) is 18.9 Å². The molecular formula is C28H28N2O7. The van der Waals surface area contributed by atoms with E-state index in [0.29, 0.717) is 35.2 Å². The Hall–Kier alpha value is -4.53. The molecular weight excluding hydrogens is 476 g/mol. The summed E-state index contributed by atoms with van der Waals surface area (Å²) in [7, 11) is 1.60. The fourth-order valence-electron chi connectivity index (χ4n) is 3.84. The van der Waals surface area contributed by atoms with Crippen molar-refractivity contribution in [3.8, 4) is 23.0 Å². The van der Waals surface area contributed by atoms with Crippen molar-refractivity contribution in [3.63, 3.8) is 0 Å². The lowest BCUT2D eigenvalue weighted by atomic mass is 10.1. The van der Waals surface area contributed by atoms with Crippen LogP contribution in [-0.2, 0) is 19.1 Å². The molecule has 1 N–H and O–H groups in total. The average molecular weight is 505 g/mol. The summed E-state index contributed by atoms with van der Waals surface area (Å²) in [4.78, 5) is 38.8. The van der Waals surface area contributed by atoms with Gasteiger partial charge in [0.15, 0.2) is 6.61 Å². The van der Waals surface area contributed by atoms with Crippen molar-refractivity contribution >= 4 is 29.2 Å². The number of nitrogens with one attached hydrogen (secondary N) is 1. The van der Waals surface area contributed by atoms with Crippen molar-refractivity contribution in [2.75, 3.05) is 37.1 Å². The molecule has 0 aliphatic carbocycles. The highest BCUT2D eigenvalue weighted by atomic mass is 16.5. The van der Waals surface area contributed by atoms with Gasteiger partial charge in [-0.1, -0.05) is 0 Å². The summed E-state index contributed by atoms with van der Waals surface area (Å²) in [5, 5.41) is 2.66. The van der Waals surface area contributed by atoms with Crippen molar-refractivity contribution in [2.45, 2.75) is 13.3 Å². The third kappa shape index (κ3) is 6.78. The van der Waals surface area contributed by atoms with Crippen LogP contribution in [0.2, 0.25) is 0 Å². The van der Waals surface area contributed by atoms with E-state index in [1.807, 2.05) is 6.92 Å². The molecule has 1 fully saturated rings. The number of esters is 1. The second-order valence-corrected chi connectivity index (χ2v) is 8.29. The molecule has 9 nitrogen and oxygen atoms in total. The Morgan fingerprint density at radius 1 is 0.892 bits per heavy atom. The smallest absolute Gasteiger partial charge is 0.311 e. The number of hydrogen-bond donors (Lipinski definition) is 1. The summed E-state index contributed by atoms with van der Waals surface area (Å²) >= 11 is 0. The normalized spacial score (nSPS) is 14.7. The second kappa shape index (κ2) is 11.9. The lowest BCUT2D eigenvalue weighted by Crippen LogP contribution is -2.28. The van der Waals surface area contributed by atoms with Crippen LogP contribution < -0.4 is 24.4 Å². The first-order chi connectivity index (χ1) is 17.9. The van der Waals surface area contributed by atoms with Gasteiger partial charge in [0, 0.05) is 24.3 Å². The highest BCUT2D eigenvalue weighted by Crippen LogP contribution is 2.29. The molecule has 192 valence electrons. The van der Waals surface area contributed by atoms with Gasteiger partial charge in [-0.25, -0.2) is 0 Å². The van der Waals surface area contributed by atoms with Crippen LogP contribution in [0.25, 0.3) is 0 Å². The van der Waals surface area contributed by atoms with Gasteiger partial charge in [0.1, 0.15) is 23.0 Å². The minimum Gasteiger partial charge on any atom is -0.497 e. The van der Waals surface area contributed by atoms with E-state index in [9.17, 15) is 14.4 Å². The molecule has 0 radical (unpaired) electrons. The third-order valence-electron chi connectivity index (χ3n) is 5.70. The molecule has 1 aliphatic heterocycles. The monoisotopic (exact) mass is 504 g/mol. The molecule has 0 spiro atoms. The largest absolute Gasteiger partial charge is 0.497 e. The molecule has 0 bridgehead atoms. The Labute approximate surface area is 214 Å². The second-order valence-electron chi connectivity index (χ2n) is 8.29. The Bertz CT molecular complexity index is 1220. The molecule has 0 unspecified atom stereocenters. The van der Waals surface area contributed by atoms with Crippen LogP contribution in [0.4, 0.5) is 11.4 Å². The zero-order valence-corrected chi connectivity index (χ0v) is 20.6. The summed E-state index contributed by atoms with van der Waals surface area (Å²) in [6.07, 6.45) is 0.0173. The number of methoxy groups -OCH3 is 1. The minimum absolute atomic E-state index is 0.0173. The van der Waals surface area contributed by atoms with Gasteiger partial charge in [-0.2, -0.15) is 0 Å². The van der Waals surface area contributed by atoms with Crippen molar-refractivity contribution in [3.05, 3.63) is 72.8 Å². The maximum absolute atomic E-state index is 12.6. The van der Waals surface area contributed by atoms with Crippen molar-refractivity contribution in [2.24, 2.45) is 5.92 Å². The summed E-state index contributed by atoms with van der Waals surface area (Å²) in [6.45, 7) is 2.18. The first-order valence-electron chi connectivity index (χ1n) is 11.9. The zero-order valence-electron chi connectivity index (χ0n) is 20.6. The molecule has 1 heterocycles. The Morgan fingerprint density at radius 2 is 1.49 bits per heavy atom. The van der Waals surface area contributed by atoms with Crippen LogP contribution in [0, 0.1) is 5.92 Å². The maximum atomic E-state index is 12.6. The summed E-state index contributed by atoms with van der Waals surface area (Å²) < 4.78 is 21.5. The van der Waals surface area contributed by atoms with Gasteiger partial charge in [-0.05, 0) is 79.7 Å². The fraction of sp³-hybridized carbons (Fsp3) is 0.250. The highest BCUT2D eigenvalue weighted by Gasteiger charge is 2.36. The highest BCUT2D eigenvalue weighted by molar-refractivity contribution is 6.00. The van der Waals surface area contributed by atoms with Crippen LogP contribution >= 0.6 is 0 Å². The van der Waals surface area contributed by atoms with E-state index < -0.39 is 24.4 Å². The molecule has 0 saturated carbocycles. The SMILES string of the molecule is CCOc1ccc(NC(=O)COC(=O)[C@H]2CC(=O)N(c3ccc(Oc4ccc(OC)cc4)cc3)C2)cc1. The Kier molecular flexibility index (Phi) is 8.25. The van der Waals surface area contributed by atoms with Crippen LogP contribution in [0.15, 0.2) is 72.8 Å². The minimum atomic E-state index is -0.652. The van der Waals surface area contributed by atoms with E-state index in [0.717, 1.165) is 5.75 Å². The van der Waals surface area contributed by atoms with Gasteiger partial charge in [0.25, 0.3) is 5.91 Å². The first kappa shape index (κ1) is 25.6. The number of carbonyl (C=O) groups is 3. The summed E-state index contributed by atoms with van der Waals surface area (Å²) in [6, 6.07) is 21.1. The van der Waals surface area contributed by atoms with Crippen molar-refractivity contribution in [1.82, 2.24) is 0 Å². The van der Waals surface area contributed by atoms with E-state index in [1.54, 1.807) is 79.9 Å². The molecule has 2 amide bonds. The van der Waals surface area contributed by atoms with Crippen LogP contribution in [0.5, 0.6) is 23.0 Å². The summed E-state index contributed by atoms with van der Waals surface area (Å²) in [5.74, 6) is 0.794. The molecule has 1 atom stereocenters. The number of carbonyl (C=O) groups excluding carboxylic acids is 3. The molecule has 4 rings (SSSR count). The third-order valence-corrected chi connectivity index (χ3v) is 5.70. The van der Waals surface area contributed by atoms with E-state index >= 15 is 0 Å². The predicted octanol–water partition coefficient (Wildman–Crippen LogP) is 4.42. The molecule has 0 aromatic heterocycles. The molecule has 1 aliphatic rings. The zero-order chi connectivity index (χ0) is 26.2. The Morgan fingerprint density at radius 3 is 2.11 bits per heavy atom. The lowest BCUT2D eigenvalue weighted by Gasteiger charge is -2.17. The average Bonchev–Trinajstić information content (AvgIpc) is 3.31. The molecule has 1 saturated heterocycles. The molecule has 37 heavy (non-hydrogen) atoms. The van der Waals surface area contributed by atoms with Gasteiger partial charge in [-0.3, -0.25) is 14.4 Å². The van der Waals surface area contributed by atoms with Crippen LogP contribution in [0.3, 0.4) is 0 Å². The molecule has 9 heteroatoms. The topological polar surface area (TPSA) is 103 Å². The van der Waals surface area contributed by atoms with E-state index in [-0.39, 0.29) is 18.9 Å². The number of hydrogen-bond acceptors (Lipinski definition) is 7. The predicted molar refractivity (Wildman–Crippen MR) is 137 cm³/mol. The quantitative estimate of drug-likeness (QED) is 0.408. The van der Waals surface area contributed by atoms with E-state index in [2.05, 4.69) is 5.32 Å². The number of nitrogens with zero attached hydrogens (tertiary/aromatic N) is 1. The van der Waals surface area contributed by atoms with Gasteiger partial charge >= 0.3 is 5.97 Å². The molecule has 3 aromatic rings. The van der Waals surface area contributed by atoms with Gasteiger partial charge < -0.3 is 29.2 Å². The van der Waals surface area contributed by atoms with Crippen molar-refractivity contribution in [1.29, 1.82) is 0 Å². The number of benzene rings is 3. The number of anilines is 2. The van der Waals surface area contributed by atoms with Crippen LogP contribution in [-0.4, -0.2) is 44.7 Å². The summed E-state index contributed by atoms with van der Waals surface area (Å²) in [5.41, 5.74) is 1.21. The lowest BCUT2D eigenvalue weighted by molar-refractivity contribution is -0.151. The van der Waals surface area contributed by atoms with Gasteiger partial charge in [0.2, 0.25) is 5.91 Å². The van der Waals surface area contributed by atoms with E-state index in [1.165, 1.54) is 4.90 Å². The molecule has 3 aromatic carbocycles. The maximum Gasteiger partial charge on any atom is 0.311 e. The van der Waals surface area contributed by atoms with Gasteiger partial charge in [-0.15, -0.1) is 0 Å².